The number of Topliss-reactive ketones (excluding diaryl/α,β-unsaturated/α-hetero) is 1. The molecule has 0 aliphatic carbocycles. The zero-order valence-corrected chi connectivity index (χ0v) is 8.73. The molecule has 0 bridgehead atoms. The van der Waals surface area contributed by atoms with Gasteiger partial charge in [0.15, 0.2) is 0 Å². The van der Waals surface area contributed by atoms with Crippen molar-refractivity contribution in [2.45, 2.75) is 13.0 Å². The Kier molecular flexibility index (Phi) is 3.03. The van der Waals surface area contributed by atoms with Gasteiger partial charge in [0.2, 0.25) is 5.78 Å². The summed E-state index contributed by atoms with van der Waals surface area (Å²) in [6.07, 6.45) is 0.0991. The van der Waals surface area contributed by atoms with Gasteiger partial charge in [-0.15, -0.1) is 0 Å². The topological polar surface area (TPSA) is 46.6 Å². The zero-order chi connectivity index (χ0) is 12.4. The van der Waals surface area contributed by atoms with Gasteiger partial charge in [0.05, 0.1) is 5.69 Å². The van der Waals surface area contributed by atoms with E-state index in [0.717, 1.165) is 4.90 Å². The summed E-state index contributed by atoms with van der Waals surface area (Å²) in [6, 6.07) is 5.90. The van der Waals surface area contributed by atoms with Gasteiger partial charge in [-0.05, 0) is 12.1 Å². The van der Waals surface area contributed by atoms with E-state index in [-0.39, 0.29) is 24.4 Å². The molecule has 1 fully saturated rings. The number of amides is 1. The molecule has 0 N–H and O–H groups in total. The van der Waals surface area contributed by atoms with E-state index in [2.05, 4.69) is 4.74 Å². The standard InChI is InChI=1S/C11H9F2NO3/c12-11(13)17-9-4-2-1-3-7(9)14-6-5-8(15)10(14)16/h1-4,11H,5-6H2. The van der Waals surface area contributed by atoms with Crippen LogP contribution in [0.2, 0.25) is 0 Å². The molecule has 0 unspecified atom stereocenters. The van der Waals surface area contributed by atoms with Gasteiger partial charge in [-0.3, -0.25) is 9.59 Å². The van der Waals surface area contributed by atoms with Crippen LogP contribution < -0.4 is 9.64 Å². The van der Waals surface area contributed by atoms with Crippen LogP contribution in [0.1, 0.15) is 6.42 Å². The lowest BCUT2D eigenvalue weighted by Gasteiger charge is -2.18. The average molecular weight is 241 g/mol. The zero-order valence-electron chi connectivity index (χ0n) is 8.73. The number of benzene rings is 1. The van der Waals surface area contributed by atoms with E-state index in [9.17, 15) is 18.4 Å². The first kappa shape index (κ1) is 11.5. The highest BCUT2D eigenvalue weighted by Crippen LogP contribution is 2.31. The molecule has 4 nitrogen and oxygen atoms in total. The molecule has 1 aliphatic heterocycles. The average Bonchev–Trinajstić information content (AvgIpc) is 2.60. The first-order chi connectivity index (χ1) is 8.09. The number of hydrogen-bond acceptors (Lipinski definition) is 3. The number of carbonyl (C=O) groups is 2. The molecule has 2 rings (SSSR count). The van der Waals surface area contributed by atoms with Crippen LogP contribution in [-0.2, 0) is 9.59 Å². The van der Waals surface area contributed by atoms with Crippen molar-refractivity contribution < 1.29 is 23.1 Å². The molecular weight excluding hydrogens is 232 g/mol. The van der Waals surface area contributed by atoms with Crippen molar-refractivity contribution in [3.63, 3.8) is 0 Å². The first-order valence-electron chi connectivity index (χ1n) is 4.98. The molecule has 6 heteroatoms. The molecule has 1 aromatic rings. The van der Waals surface area contributed by atoms with Crippen molar-refractivity contribution >= 4 is 17.4 Å². The predicted octanol–water partition coefficient (Wildman–Crippen LogP) is 1.59. The minimum atomic E-state index is -2.97. The molecule has 1 amide bonds. The molecule has 0 atom stereocenters. The summed E-state index contributed by atoms with van der Waals surface area (Å²) in [5.41, 5.74) is 0.198. The highest BCUT2D eigenvalue weighted by Gasteiger charge is 2.32. The van der Waals surface area contributed by atoms with E-state index in [1.54, 1.807) is 6.07 Å². The monoisotopic (exact) mass is 241 g/mol. The fraction of sp³-hybridized carbons (Fsp3) is 0.273. The fourth-order valence-corrected chi connectivity index (χ4v) is 1.68. The van der Waals surface area contributed by atoms with Gasteiger partial charge in [0.1, 0.15) is 5.75 Å². The number of rotatable bonds is 3. The molecule has 17 heavy (non-hydrogen) atoms. The maximum Gasteiger partial charge on any atom is 0.387 e. The van der Waals surface area contributed by atoms with Crippen molar-refractivity contribution in [1.82, 2.24) is 0 Å². The maximum absolute atomic E-state index is 12.2. The van der Waals surface area contributed by atoms with E-state index in [0.29, 0.717) is 0 Å². The Morgan fingerprint density at radius 2 is 1.94 bits per heavy atom. The number of ether oxygens (including phenoxy) is 1. The van der Waals surface area contributed by atoms with Crippen molar-refractivity contribution in [2.24, 2.45) is 0 Å². The first-order valence-corrected chi connectivity index (χ1v) is 4.98. The smallest absolute Gasteiger partial charge is 0.387 e. The second-order valence-electron chi connectivity index (χ2n) is 3.48. The van der Waals surface area contributed by atoms with E-state index in [1.807, 2.05) is 0 Å². The number of alkyl halides is 2. The lowest BCUT2D eigenvalue weighted by atomic mass is 10.2. The van der Waals surface area contributed by atoms with Gasteiger partial charge >= 0.3 is 6.61 Å². The van der Waals surface area contributed by atoms with Crippen molar-refractivity contribution in [3.8, 4) is 5.75 Å². The molecular formula is C11H9F2NO3. The molecule has 0 aromatic heterocycles. The van der Waals surface area contributed by atoms with Gasteiger partial charge in [0, 0.05) is 13.0 Å². The third kappa shape index (κ3) is 2.25. The Balaban J connectivity index is 2.32. The minimum absolute atomic E-state index is 0.0991. The molecule has 0 spiro atoms. The summed E-state index contributed by atoms with van der Waals surface area (Å²) in [6.45, 7) is -2.77. The number of anilines is 1. The van der Waals surface area contributed by atoms with Crippen molar-refractivity contribution in [3.05, 3.63) is 24.3 Å². The highest BCUT2D eigenvalue weighted by molar-refractivity contribution is 6.43. The summed E-state index contributed by atoms with van der Waals surface area (Å²) in [5, 5.41) is 0. The predicted molar refractivity (Wildman–Crippen MR) is 55.1 cm³/mol. The molecule has 1 aliphatic rings. The number of ketones is 1. The van der Waals surface area contributed by atoms with Crippen LogP contribution in [0.4, 0.5) is 14.5 Å². The molecule has 1 saturated heterocycles. The Labute approximate surface area is 95.8 Å². The summed E-state index contributed by atoms with van der Waals surface area (Å²) >= 11 is 0. The summed E-state index contributed by atoms with van der Waals surface area (Å²) in [7, 11) is 0. The molecule has 0 radical (unpaired) electrons. The number of nitrogens with zero attached hydrogens (tertiary/aromatic N) is 1. The largest absolute Gasteiger partial charge is 0.433 e. The number of halogens is 2. The van der Waals surface area contributed by atoms with Gasteiger partial charge < -0.3 is 9.64 Å². The minimum Gasteiger partial charge on any atom is -0.433 e. The third-order valence-corrected chi connectivity index (χ3v) is 2.42. The van der Waals surface area contributed by atoms with Gasteiger partial charge in [-0.25, -0.2) is 0 Å². The second kappa shape index (κ2) is 4.48. The third-order valence-electron chi connectivity index (χ3n) is 2.42. The van der Waals surface area contributed by atoms with E-state index in [1.165, 1.54) is 18.2 Å². The Morgan fingerprint density at radius 3 is 2.53 bits per heavy atom. The van der Waals surface area contributed by atoms with E-state index < -0.39 is 18.3 Å². The quantitative estimate of drug-likeness (QED) is 0.755. The van der Waals surface area contributed by atoms with Crippen LogP contribution in [0.5, 0.6) is 5.75 Å². The summed E-state index contributed by atoms with van der Waals surface area (Å²) in [5.74, 6) is -1.31. The maximum atomic E-state index is 12.2. The molecule has 90 valence electrons. The Bertz CT molecular complexity index is 462. The van der Waals surface area contributed by atoms with Crippen LogP contribution in [-0.4, -0.2) is 24.8 Å². The van der Waals surface area contributed by atoms with Crippen LogP contribution in [0.25, 0.3) is 0 Å². The Morgan fingerprint density at radius 1 is 1.24 bits per heavy atom. The molecule has 0 saturated carbocycles. The normalized spacial score (nSPS) is 15.8. The second-order valence-corrected chi connectivity index (χ2v) is 3.48. The van der Waals surface area contributed by atoms with Gasteiger partial charge in [-0.2, -0.15) is 8.78 Å². The summed E-state index contributed by atoms with van der Waals surface area (Å²) < 4.78 is 28.6. The lowest BCUT2D eigenvalue weighted by molar-refractivity contribution is -0.133. The van der Waals surface area contributed by atoms with Crippen LogP contribution in [0.3, 0.4) is 0 Å². The SMILES string of the molecule is O=C1CCN(c2ccccc2OC(F)F)C1=O. The highest BCUT2D eigenvalue weighted by atomic mass is 19.3. The van der Waals surface area contributed by atoms with Crippen LogP contribution in [0.15, 0.2) is 24.3 Å². The van der Waals surface area contributed by atoms with Crippen molar-refractivity contribution in [1.29, 1.82) is 0 Å². The summed E-state index contributed by atoms with van der Waals surface area (Å²) in [4.78, 5) is 23.7. The van der Waals surface area contributed by atoms with Crippen LogP contribution >= 0.6 is 0 Å². The van der Waals surface area contributed by atoms with Gasteiger partial charge in [-0.1, -0.05) is 12.1 Å². The fourth-order valence-electron chi connectivity index (χ4n) is 1.68. The van der Waals surface area contributed by atoms with E-state index in [4.69, 9.17) is 0 Å². The number of para-hydroxylation sites is 2. The number of carbonyl (C=O) groups excluding carboxylic acids is 2. The Hall–Kier alpha value is -1.98. The number of hydrogen-bond donors (Lipinski definition) is 0. The molecule has 1 heterocycles. The lowest BCUT2D eigenvalue weighted by Crippen LogP contribution is -2.27. The van der Waals surface area contributed by atoms with E-state index >= 15 is 0 Å². The molecule has 1 aromatic carbocycles. The van der Waals surface area contributed by atoms with Crippen molar-refractivity contribution in [2.75, 3.05) is 11.4 Å². The van der Waals surface area contributed by atoms with Gasteiger partial charge in [0.25, 0.3) is 5.91 Å². The van der Waals surface area contributed by atoms with Crippen LogP contribution in [0, 0.1) is 0 Å².